The van der Waals surface area contributed by atoms with Crippen molar-refractivity contribution in [3.8, 4) is 0 Å². The number of esters is 1. The van der Waals surface area contributed by atoms with E-state index < -0.39 is 11.7 Å². The van der Waals surface area contributed by atoms with Crippen LogP contribution in [0.25, 0.3) is 0 Å². The third-order valence-electron chi connectivity index (χ3n) is 2.46. The van der Waals surface area contributed by atoms with E-state index in [4.69, 9.17) is 4.74 Å². The molecule has 0 saturated heterocycles. The summed E-state index contributed by atoms with van der Waals surface area (Å²) in [5.74, 6) is -1.21. The van der Waals surface area contributed by atoms with Crippen molar-refractivity contribution in [3.05, 3.63) is 35.6 Å². The van der Waals surface area contributed by atoms with E-state index in [0.29, 0.717) is 6.61 Å². The fourth-order valence-electron chi connectivity index (χ4n) is 1.41. The summed E-state index contributed by atoms with van der Waals surface area (Å²) in [4.78, 5) is 22.9. The monoisotopic (exact) mass is 267 g/mol. The van der Waals surface area contributed by atoms with Gasteiger partial charge in [-0.1, -0.05) is 19.4 Å². The maximum absolute atomic E-state index is 12.9. The Balaban J connectivity index is 2.25. The van der Waals surface area contributed by atoms with Crippen molar-refractivity contribution in [1.29, 1.82) is 0 Å². The van der Waals surface area contributed by atoms with Gasteiger partial charge in [-0.2, -0.15) is 0 Å². The van der Waals surface area contributed by atoms with E-state index in [9.17, 15) is 14.0 Å². The largest absolute Gasteiger partial charge is 0.466 e. The van der Waals surface area contributed by atoms with Crippen LogP contribution in [0.1, 0.15) is 36.5 Å². The first-order valence-corrected chi connectivity index (χ1v) is 6.33. The molecule has 1 amide bonds. The number of amides is 1. The number of rotatable bonds is 7. The molecule has 1 aromatic rings. The van der Waals surface area contributed by atoms with E-state index in [1.165, 1.54) is 18.2 Å². The molecule has 4 nitrogen and oxygen atoms in total. The molecule has 1 N–H and O–H groups in total. The Morgan fingerprint density at radius 3 is 2.84 bits per heavy atom. The number of halogens is 1. The molecule has 0 atom stereocenters. The average molecular weight is 267 g/mol. The number of hydrogen-bond donors (Lipinski definition) is 1. The summed E-state index contributed by atoms with van der Waals surface area (Å²) < 4.78 is 17.8. The van der Waals surface area contributed by atoms with Crippen molar-refractivity contribution in [2.24, 2.45) is 0 Å². The van der Waals surface area contributed by atoms with Gasteiger partial charge < -0.3 is 10.1 Å². The van der Waals surface area contributed by atoms with Gasteiger partial charge in [0.1, 0.15) is 5.82 Å². The summed E-state index contributed by atoms with van der Waals surface area (Å²) in [5, 5.41) is 2.54. The zero-order valence-corrected chi connectivity index (χ0v) is 10.9. The third kappa shape index (κ3) is 5.99. The van der Waals surface area contributed by atoms with Gasteiger partial charge in [0.2, 0.25) is 0 Å². The highest BCUT2D eigenvalue weighted by atomic mass is 19.1. The van der Waals surface area contributed by atoms with Gasteiger partial charge in [0.15, 0.2) is 0 Å². The molecular weight excluding hydrogens is 249 g/mol. The summed E-state index contributed by atoms with van der Waals surface area (Å²) in [6.45, 7) is 2.60. The van der Waals surface area contributed by atoms with Gasteiger partial charge in [-0.25, -0.2) is 4.39 Å². The molecule has 19 heavy (non-hydrogen) atoms. The van der Waals surface area contributed by atoms with Crippen LogP contribution in [0.2, 0.25) is 0 Å². The smallest absolute Gasteiger partial charge is 0.307 e. The molecular formula is C14H18FNO3. The van der Waals surface area contributed by atoms with Gasteiger partial charge in [-0.15, -0.1) is 0 Å². The van der Waals surface area contributed by atoms with Crippen molar-refractivity contribution in [2.45, 2.75) is 26.2 Å². The Hall–Kier alpha value is -1.91. The molecule has 0 heterocycles. The Morgan fingerprint density at radius 2 is 2.16 bits per heavy atom. The highest BCUT2D eigenvalue weighted by Crippen LogP contribution is 2.03. The minimum atomic E-state index is -0.466. The topological polar surface area (TPSA) is 55.4 Å². The predicted octanol–water partition coefficient (Wildman–Crippen LogP) is 2.29. The lowest BCUT2D eigenvalue weighted by Crippen LogP contribution is -2.26. The second kappa shape index (κ2) is 8.24. The molecule has 0 bridgehead atoms. The molecule has 0 spiro atoms. The van der Waals surface area contributed by atoms with Gasteiger partial charge in [0, 0.05) is 12.1 Å². The average Bonchev–Trinajstić information content (AvgIpc) is 2.39. The van der Waals surface area contributed by atoms with Gasteiger partial charge in [-0.05, 0) is 24.6 Å². The summed E-state index contributed by atoms with van der Waals surface area (Å²) in [6, 6.07) is 5.39. The van der Waals surface area contributed by atoms with Crippen LogP contribution in [0.3, 0.4) is 0 Å². The maximum Gasteiger partial charge on any atom is 0.307 e. The van der Waals surface area contributed by atoms with Crippen molar-refractivity contribution in [1.82, 2.24) is 5.32 Å². The van der Waals surface area contributed by atoms with Gasteiger partial charge in [-0.3, -0.25) is 9.59 Å². The van der Waals surface area contributed by atoms with Gasteiger partial charge in [0.05, 0.1) is 13.0 Å². The molecule has 0 unspecified atom stereocenters. The van der Waals surface area contributed by atoms with E-state index in [1.807, 2.05) is 6.92 Å². The first kappa shape index (κ1) is 15.1. The van der Waals surface area contributed by atoms with Crippen LogP contribution in [0.5, 0.6) is 0 Å². The number of nitrogens with one attached hydrogen (secondary N) is 1. The minimum Gasteiger partial charge on any atom is -0.466 e. The molecule has 5 heteroatoms. The highest BCUT2D eigenvalue weighted by Gasteiger charge is 2.07. The first-order chi connectivity index (χ1) is 9.13. The van der Waals surface area contributed by atoms with Crippen LogP contribution >= 0.6 is 0 Å². The zero-order valence-electron chi connectivity index (χ0n) is 10.9. The van der Waals surface area contributed by atoms with E-state index in [2.05, 4.69) is 5.32 Å². The van der Waals surface area contributed by atoms with E-state index >= 15 is 0 Å². The van der Waals surface area contributed by atoms with E-state index in [0.717, 1.165) is 18.9 Å². The molecule has 0 fully saturated rings. The molecule has 1 rings (SSSR count). The summed E-state index contributed by atoms with van der Waals surface area (Å²) in [7, 11) is 0. The van der Waals surface area contributed by atoms with Crippen LogP contribution in [-0.4, -0.2) is 25.0 Å². The van der Waals surface area contributed by atoms with Gasteiger partial charge >= 0.3 is 5.97 Å². The third-order valence-corrected chi connectivity index (χ3v) is 2.46. The lowest BCUT2D eigenvalue weighted by atomic mass is 10.2. The molecule has 0 saturated carbocycles. The predicted molar refractivity (Wildman–Crippen MR) is 69.2 cm³/mol. The maximum atomic E-state index is 12.9. The molecule has 1 aromatic carbocycles. The molecule has 0 aromatic heterocycles. The second-order valence-electron chi connectivity index (χ2n) is 4.09. The fraction of sp³-hybridized carbons (Fsp3) is 0.429. The highest BCUT2D eigenvalue weighted by molar-refractivity contribution is 5.94. The number of unbranched alkanes of at least 4 members (excludes halogenated alkanes) is 1. The number of ether oxygens (including phenoxy) is 1. The number of benzene rings is 1. The van der Waals surface area contributed by atoms with Crippen molar-refractivity contribution >= 4 is 11.9 Å². The number of carbonyl (C=O) groups excluding carboxylic acids is 2. The Bertz CT molecular complexity index is 434. The fourth-order valence-corrected chi connectivity index (χ4v) is 1.41. The quantitative estimate of drug-likeness (QED) is 0.609. The zero-order chi connectivity index (χ0) is 14.1. The number of carbonyl (C=O) groups is 2. The summed E-state index contributed by atoms with van der Waals surface area (Å²) in [6.07, 6.45) is 1.91. The minimum absolute atomic E-state index is 0.116. The SMILES string of the molecule is CCCCOC(=O)CCNC(=O)c1cccc(F)c1. The van der Waals surface area contributed by atoms with Crippen LogP contribution in [0.4, 0.5) is 4.39 Å². The molecule has 104 valence electrons. The van der Waals surface area contributed by atoms with Crippen LogP contribution < -0.4 is 5.32 Å². The second-order valence-corrected chi connectivity index (χ2v) is 4.09. The molecule has 0 aliphatic heterocycles. The van der Waals surface area contributed by atoms with Gasteiger partial charge in [0.25, 0.3) is 5.91 Å². The van der Waals surface area contributed by atoms with Crippen LogP contribution in [-0.2, 0) is 9.53 Å². The Morgan fingerprint density at radius 1 is 1.37 bits per heavy atom. The first-order valence-electron chi connectivity index (χ1n) is 6.33. The number of hydrogen-bond acceptors (Lipinski definition) is 3. The lowest BCUT2D eigenvalue weighted by molar-refractivity contribution is -0.143. The Kier molecular flexibility index (Phi) is 6.57. The van der Waals surface area contributed by atoms with E-state index in [-0.39, 0.29) is 24.5 Å². The standard InChI is InChI=1S/C14H18FNO3/c1-2-3-9-19-13(17)7-8-16-14(18)11-5-4-6-12(15)10-11/h4-6,10H,2-3,7-9H2,1H3,(H,16,18). The lowest BCUT2D eigenvalue weighted by Gasteiger charge is -2.06. The molecule has 0 aliphatic carbocycles. The summed E-state index contributed by atoms with van der Waals surface area (Å²) in [5.41, 5.74) is 0.236. The van der Waals surface area contributed by atoms with Crippen molar-refractivity contribution < 1.29 is 18.7 Å². The van der Waals surface area contributed by atoms with Crippen LogP contribution in [0.15, 0.2) is 24.3 Å². The normalized spacial score (nSPS) is 10.0. The van der Waals surface area contributed by atoms with Crippen molar-refractivity contribution in [2.75, 3.05) is 13.2 Å². The summed E-state index contributed by atoms with van der Waals surface area (Å²) >= 11 is 0. The molecule has 0 aliphatic rings. The molecule has 0 radical (unpaired) electrons. The van der Waals surface area contributed by atoms with Crippen LogP contribution in [0, 0.1) is 5.82 Å². The van der Waals surface area contributed by atoms with Crippen molar-refractivity contribution in [3.63, 3.8) is 0 Å². The van der Waals surface area contributed by atoms with E-state index in [1.54, 1.807) is 0 Å². The Labute approximate surface area is 112 Å².